The summed E-state index contributed by atoms with van der Waals surface area (Å²) >= 11 is 0. The zero-order chi connectivity index (χ0) is 15.9. The molecule has 22 heavy (non-hydrogen) atoms. The van der Waals surface area contributed by atoms with Gasteiger partial charge in [-0.3, -0.25) is 14.8 Å². The lowest BCUT2D eigenvalue weighted by molar-refractivity contribution is -0.129. The topological polar surface area (TPSA) is 75.6 Å². The summed E-state index contributed by atoms with van der Waals surface area (Å²) < 4.78 is 5.18. The van der Waals surface area contributed by atoms with Crippen molar-refractivity contribution in [3.05, 3.63) is 42.0 Å². The quantitative estimate of drug-likeness (QED) is 0.356. The van der Waals surface area contributed by atoms with Crippen molar-refractivity contribution in [1.29, 1.82) is 0 Å². The van der Waals surface area contributed by atoms with E-state index < -0.39 is 5.91 Å². The Morgan fingerprint density at radius 2 is 1.73 bits per heavy atom. The fraction of sp³-hybridized carbons (Fsp3) is 0.294. The number of fused-ring (bicyclic) bond motifs is 1. The first-order chi connectivity index (χ1) is 10.6. The van der Waals surface area contributed by atoms with Gasteiger partial charge in [0, 0.05) is 18.4 Å². The first kappa shape index (κ1) is 16.0. The zero-order valence-corrected chi connectivity index (χ0v) is 12.5. The molecule has 0 aliphatic rings. The second-order valence-electron chi connectivity index (χ2n) is 5.09. The van der Waals surface area contributed by atoms with Crippen LogP contribution in [0.1, 0.15) is 36.0 Å². The molecule has 0 aromatic heterocycles. The molecular formula is C17H19NO4. The van der Waals surface area contributed by atoms with Gasteiger partial charge in [-0.05, 0) is 41.8 Å². The minimum atomic E-state index is -0.424. The van der Waals surface area contributed by atoms with Gasteiger partial charge < -0.3 is 4.74 Å². The zero-order valence-electron chi connectivity index (χ0n) is 12.5. The number of Topliss-reactive ketones (excluding diaryl/α,β-unsaturated/α-hetero) is 1. The SMILES string of the molecule is COc1ccc2cc(C(=O)CCCCC(=O)NO)ccc2c1. The molecule has 0 spiro atoms. The summed E-state index contributed by atoms with van der Waals surface area (Å²) in [6.45, 7) is 0. The van der Waals surface area contributed by atoms with Gasteiger partial charge in [0.15, 0.2) is 5.78 Å². The van der Waals surface area contributed by atoms with E-state index >= 15 is 0 Å². The highest BCUT2D eigenvalue weighted by Crippen LogP contribution is 2.22. The van der Waals surface area contributed by atoms with Crippen molar-refractivity contribution in [2.45, 2.75) is 25.7 Å². The van der Waals surface area contributed by atoms with Gasteiger partial charge in [-0.1, -0.05) is 18.2 Å². The molecule has 0 saturated heterocycles. The minimum Gasteiger partial charge on any atom is -0.497 e. The molecule has 2 N–H and O–H groups in total. The Labute approximate surface area is 128 Å². The van der Waals surface area contributed by atoms with Crippen LogP contribution in [0.15, 0.2) is 36.4 Å². The number of rotatable bonds is 7. The Balaban J connectivity index is 1.98. The molecule has 2 aromatic rings. The normalized spacial score (nSPS) is 10.5. The van der Waals surface area contributed by atoms with Crippen LogP contribution in [-0.2, 0) is 4.79 Å². The average molecular weight is 301 g/mol. The van der Waals surface area contributed by atoms with Gasteiger partial charge in [0.1, 0.15) is 5.75 Å². The Kier molecular flexibility index (Phi) is 5.49. The number of ether oxygens (including phenoxy) is 1. The Bertz CT molecular complexity index is 681. The third kappa shape index (κ3) is 4.05. The van der Waals surface area contributed by atoms with Gasteiger partial charge in [-0.2, -0.15) is 0 Å². The van der Waals surface area contributed by atoms with E-state index in [0.717, 1.165) is 16.5 Å². The molecule has 5 heteroatoms. The molecule has 1 amide bonds. The molecule has 0 fully saturated rings. The second-order valence-corrected chi connectivity index (χ2v) is 5.09. The van der Waals surface area contributed by atoms with Crippen molar-refractivity contribution < 1.29 is 19.5 Å². The summed E-state index contributed by atoms with van der Waals surface area (Å²) in [7, 11) is 1.62. The monoisotopic (exact) mass is 301 g/mol. The van der Waals surface area contributed by atoms with Crippen LogP contribution >= 0.6 is 0 Å². The molecular weight excluding hydrogens is 282 g/mol. The second kappa shape index (κ2) is 7.56. The van der Waals surface area contributed by atoms with Gasteiger partial charge >= 0.3 is 0 Å². The number of ketones is 1. The lowest BCUT2D eigenvalue weighted by Gasteiger charge is -2.05. The molecule has 2 aromatic carbocycles. The lowest BCUT2D eigenvalue weighted by Crippen LogP contribution is -2.17. The lowest BCUT2D eigenvalue weighted by atomic mass is 10.0. The van der Waals surface area contributed by atoms with Gasteiger partial charge in [0.2, 0.25) is 5.91 Å². The fourth-order valence-corrected chi connectivity index (χ4v) is 2.30. The van der Waals surface area contributed by atoms with Crippen molar-refractivity contribution in [2.24, 2.45) is 0 Å². The van der Waals surface area contributed by atoms with E-state index in [-0.39, 0.29) is 12.2 Å². The number of hydrogen-bond donors (Lipinski definition) is 2. The van der Waals surface area contributed by atoms with Gasteiger partial charge in [0.25, 0.3) is 0 Å². The van der Waals surface area contributed by atoms with E-state index in [1.54, 1.807) is 12.6 Å². The van der Waals surface area contributed by atoms with E-state index in [9.17, 15) is 9.59 Å². The van der Waals surface area contributed by atoms with Crippen LogP contribution in [-0.4, -0.2) is 24.0 Å². The van der Waals surface area contributed by atoms with Crippen LogP contribution in [0.3, 0.4) is 0 Å². The smallest absolute Gasteiger partial charge is 0.243 e. The van der Waals surface area contributed by atoms with Crippen molar-refractivity contribution in [2.75, 3.05) is 7.11 Å². The van der Waals surface area contributed by atoms with Crippen molar-refractivity contribution in [3.8, 4) is 5.75 Å². The molecule has 0 unspecified atom stereocenters. The first-order valence-electron chi connectivity index (χ1n) is 7.18. The first-order valence-corrected chi connectivity index (χ1v) is 7.18. The molecule has 0 atom stereocenters. The summed E-state index contributed by atoms with van der Waals surface area (Å²) in [4.78, 5) is 23.0. The van der Waals surface area contributed by atoms with Crippen molar-refractivity contribution in [3.63, 3.8) is 0 Å². The third-order valence-corrected chi connectivity index (χ3v) is 3.55. The van der Waals surface area contributed by atoms with Crippen LogP contribution in [0.5, 0.6) is 5.75 Å². The predicted molar refractivity (Wildman–Crippen MR) is 83.2 cm³/mol. The highest BCUT2D eigenvalue weighted by atomic mass is 16.5. The van der Waals surface area contributed by atoms with E-state index in [2.05, 4.69) is 0 Å². The highest BCUT2D eigenvalue weighted by molar-refractivity contribution is 6.00. The molecule has 0 saturated carbocycles. The van der Waals surface area contributed by atoms with Crippen LogP contribution in [0, 0.1) is 0 Å². The average Bonchev–Trinajstić information content (AvgIpc) is 2.57. The maximum Gasteiger partial charge on any atom is 0.243 e. The summed E-state index contributed by atoms with van der Waals surface area (Å²) in [5.41, 5.74) is 2.25. The molecule has 116 valence electrons. The fourth-order valence-electron chi connectivity index (χ4n) is 2.30. The van der Waals surface area contributed by atoms with E-state index in [4.69, 9.17) is 9.94 Å². The molecule has 0 bridgehead atoms. The number of benzene rings is 2. The summed E-state index contributed by atoms with van der Waals surface area (Å²) in [5, 5.41) is 10.4. The third-order valence-electron chi connectivity index (χ3n) is 3.55. The molecule has 2 rings (SSSR count). The maximum absolute atomic E-state index is 12.2. The van der Waals surface area contributed by atoms with Crippen molar-refractivity contribution in [1.82, 2.24) is 5.48 Å². The largest absolute Gasteiger partial charge is 0.497 e. The van der Waals surface area contributed by atoms with Crippen LogP contribution < -0.4 is 10.2 Å². The van der Waals surface area contributed by atoms with Crippen molar-refractivity contribution >= 4 is 22.5 Å². The van der Waals surface area contributed by atoms with Gasteiger partial charge in [-0.15, -0.1) is 0 Å². The Hall–Kier alpha value is -2.40. The van der Waals surface area contributed by atoms with Gasteiger partial charge in [-0.25, -0.2) is 5.48 Å². The van der Waals surface area contributed by atoms with Gasteiger partial charge in [0.05, 0.1) is 7.11 Å². The molecule has 0 heterocycles. The number of amides is 1. The Morgan fingerprint density at radius 3 is 2.45 bits per heavy atom. The molecule has 5 nitrogen and oxygen atoms in total. The van der Waals surface area contributed by atoms with Crippen LogP contribution in [0.4, 0.5) is 0 Å². The maximum atomic E-state index is 12.2. The number of hydrogen-bond acceptors (Lipinski definition) is 4. The summed E-state index contributed by atoms with van der Waals surface area (Å²) in [6, 6.07) is 11.3. The van der Waals surface area contributed by atoms with Crippen LogP contribution in [0.2, 0.25) is 0 Å². The Morgan fingerprint density at radius 1 is 1.05 bits per heavy atom. The number of hydroxylamine groups is 1. The predicted octanol–water partition coefficient (Wildman–Crippen LogP) is 3.10. The molecule has 0 radical (unpaired) electrons. The van der Waals surface area contributed by atoms with E-state index in [1.165, 1.54) is 0 Å². The highest BCUT2D eigenvalue weighted by Gasteiger charge is 2.08. The van der Waals surface area contributed by atoms with E-state index in [0.29, 0.717) is 24.8 Å². The van der Waals surface area contributed by atoms with Crippen LogP contribution in [0.25, 0.3) is 10.8 Å². The number of methoxy groups -OCH3 is 1. The standard InChI is InChI=1S/C17H19NO4/c1-22-15-9-8-12-10-14(7-6-13(12)11-15)16(19)4-2-3-5-17(20)18-21/h6-11,21H,2-5H2,1H3,(H,18,20). The number of unbranched alkanes of at least 4 members (excludes halogenated alkanes) is 1. The molecule has 0 aliphatic heterocycles. The number of carbonyl (C=O) groups excluding carboxylic acids is 2. The summed E-state index contributed by atoms with van der Waals surface area (Å²) in [5.74, 6) is 0.419. The van der Waals surface area contributed by atoms with E-state index in [1.807, 2.05) is 36.4 Å². The summed E-state index contributed by atoms with van der Waals surface area (Å²) in [6.07, 6.45) is 1.80. The minimum absolute atomic E-state index is 0.0575. The number of carbonyl (C=O) groups is 2. The molecule has 0 aliphatic carbocycles. The number of nitrogens with one attached hydrogen (secondary N) is 1.